The highest BCUT2D eigenvalue weighted by Gasteiger charge is 2.47. The Morgan fingerprint density at radius 2 is 1.32 bits per heavy atom. The van der Waals surface area contributed by atoms with Gasteiger partial charge in [0.1, 0.15) is 0 Å². The molecule has 0 radical (unpaired) electrons. The lowest BCUT2D eigenvalue weighted by molar-refractivity contribution is -0.171. The Bertz CT molecular complexity index is 357. The minimum Gasteiger partial charge on any atom is -0.379 e. The van der Waals surface area contributed by atoms with Crippen LogP contribution in [0, 0.1) is 0 Å². The standard InChI is InChI=1S/C15H28N4O3/c1-15(18-6-10-21-11-7-18,19-8-12-22-13-9-19)14(20)17-4-2-16-3-5-17/h16H,2-13H2,1H3. The summed E-state index contributed by atoms with van der Waals surface area (Å²) in [6.45, 7) is 11.5. The van der Waals surface area contributed by atoms with Gasteiger partial charge < -0.3 is 19.7 Å². The topological polar surface area (TPSA) is 57.3 Å². The molecule has 22 heavy (non-hydrogen) atoms. The Morgan fingerprint density at radius 1 is 0.864 bits per heavy atom. The summed E-state index contributed by atoms with van der Waals surface area (Å²) in [5.41, 5.74) is -0.578. The molecule has 3 aliphatic rings. The van der Waals surface area contributed by atoms with Gasteiger partial charge in [-0.25, -0.2) is 0 Å². The lowest BCUT2D eigenvalue weighted by Gasteiger charge is -2.51. The average Bonchev–Trinajstić information content (AvgIpc) is 2.62. The zero-order valence-electron chi connectivity index (χ0n) is 13.6. The summed E-state index contributed by atoms with van der Waals surface area (Å²) < 4.78 is 11.0. The highest BCUT2D eigenvalue weighted by Crippen LogP contribution is 2.26. The molecule has 0 aromatic heterocycles. The molecule has 3 aliphatic heterocycles. The first-order chi connectivity index (χ1) is 10.7. The predicted molar refractivity (Wildman–Crippen MR) is 82.6 cm³/mol. The summed E-state index contributed by atoms with van der Waals surface area (Å²) in [5, 5.41) is 3.32. The van der Waals surface area contributed by atoms with Crippen LogP contribution in [0.25, 0.3) is 0 Å². The Morgan fingerprint density at radius 3 is 1.77 bits per heavy atom. The van der Waals surface area contributed by atoms with Crippen molar-refractivity contribution in [2.45, 2.75) is 12.6 Å². The van der Waals surface area contributed by atoms with E-state index in [4.69, 9.17) is 9.47 Å². The first kappa shape index (κ1) is 16.1. The molecule has 0 aromatic rings. The molecule has 0 aromatic carbocycles. The summed E-state index contributed by atoms with van der Waals surface area (Å²) in [4.78, 5) is 20.0. The van der Waals surface area contributed by atoms with Gasteiger partial charge in [-0.1, -0.05) is 0 Å². The number of carbonyl (C=O) groups excluding carboxylic acids is 1. The molecule has 0 unspecified atom stereocenters. The molecule has 3 heterocycles. The fourth-order valence-electron chi connectivity index (χ4n) is 3.64. The third kappa shape index (κ3) is 3.14. The Kier molecular flexibility index (Phi) is 5.30. The first-order valence-corrected chi connectivity index (χ1v) is 8.38. The van der Waals surface area contributed by atoms with Gasteiger partial charge >= 0.3 is 0 Å². The number of amides is 1. The van der Waals surface area contributed by atoms with Gasteiger partial charge in [-0.15, -0.1) is 0 Å². The van der Waals surface area contributed by atoms with Gasteiger partial charge in [0.2, 0.25) is 0 Å². The van der Waals surface area contributed by atoms with E-state index in [1.807, 2.05) is 4.90 Å². The number of nitrogens with one attached hydrogen (secondary N) is 1. The van der Waals surface area contributed by atoms with Crippen LogP contribution in [-0.2, 0) is 14.3 Å². The van der Waals surface area contributed by atoms with Crippen molar-refractivity contribution < 1.29 is 14.3 Å². The molecular weight excluding hydrogens is 284 g/mol. The van der Waals surface area contributed by atoms with Crippen LogP contribution in [0.3, 0.4) is 0 Å². The lowest BCUT2D eigenvalue weighted by Crippen LogP contribution is -2.71. The number of ether oxygens (including phenoxy) is 2. The van der Waals surface area contributed by atoms with E-state index in [2.05, 4.69) is 22.0 Å². The SMILES string of the molecule is CC(C(=O)N1CCNCC1)(N1CCOCC1)N1CCOCC1. The van der Waals surface area contributed by atoms with Crippen LogP contribution in [0.15, 0.2) is 0 Å². The van der Waals surface area contributed by atoms with Crippen molar-refractivity contribution in [3.63, 3.8) is 0 Å². The Hall–Kier alpha value is -0.730. The van der Waals surface area contributed by atoms with Crippen LogP contribution in [0.5, 0.6) is 0 Å². The minimum atomic E-state index is -0.578. The first-order valence-electron chi connectivity index (χ1n) is 8.38. The zero-order chi connectivity index (χ0) is 15.4. The molecule has 3 rings (SSSR count). The van der Waals surface area contributed by atoms with E-state index < -0.39 is 5.66 Å². The maximum absolute atomic E-state index is 13.4. The highest BCUT2D eigenvalue weighted by atomic mass is 16.5. The van der Waals surface area contributed by atoms with Gasteiger partial charge in [0.05, 0.1) is 26.4 Å². The second kappa shape index (κ2) is 7.23. The van der Waals surface area contributed by atoms with Gasteiger partial charge in [0.15, 0.2) is 5.66 Å². The molecule has 0 saturated carbocycles. The van der Waals surface area contributed by atoms with Gasteiger partial charge in [-0.05, 0) is 6.92 Å². The molecule has 7 nitrogen and oxygen atoms in total. The van der Waals surface area contributed by atoms with Crippen molar-refractivity contribution in [1.82, 2.24) is 20.0 Å². The number of piperazine rings is 1. The summed E-state index contributed by atoms with van der Waals surface area (Å²) in [7, 11) is 0. The monoisotopic (exact) mass is 312 g/mol. The predicted octanol–water partition coefficient (Wildman–Crippen LogP) is -1.20. The fraction of sp³-hybridized carbons (Fsp3) is 0.933. The molecule has 0 bridgehead atoms. The number of carbonyl (C=O) groups is 1. The highest BCUT2D eigenvalue weighted by molar-refractivity contribution is 5.85. The molecule has 3 fully saturated rings. The smallest absolute Gasteiger partial charge is 0.257 e. The molecule has 126 valence electrons. The second-order valence-electron chi connectivity index (χ2n) is 6.26. The van der Waals surface area contributed by atoms with E-state index in [9.17, 15) is 4.79 Å². The van der Waals surface area contributed by atoms with E-state index in [0.29, 0.717) is 26.4 Å². The third-order valence-corrected chi connectivity index (χ3v) is 5.06. The number of morpholine rings is 2. The van der Waals surface area contributed by atoms with Crippen molar-refractivity contribution in [3.8, 4) is 0 Å². The quantitative estimate of drug-likeness (QED) is 0.706. The largest absolute Gasteiger partial charge is 0.379 e. The van der Waals surface area contributed by atoms with Gasteiger partial charge in [-0.2, -0.15) is 0 Å². The molecule has 0 atom stereocenters. The maximum atomic E-state index is 13.4. The van der Waals surface area contributed by atoms with E-state index in [1.54, 1.807) is 0 Å². The van der Waals surface area contributed by atoms with Gasteiger partial charge in [0, 0.05) is 52.4 Å². The maximum Gasteiger partial charge on any atom is 0.257 e. The average molecular weight is 312 g/mol. The Balaban J connectivity index is 1.81. The third-order valence-electron chi connectivity index (χ3n) is 5.06. The van der Waals surface area contributed by atoms with Crippen molar-refractivity contribution in [2.75, 3.05) is 78.8 Å². The molecule has 7 heteroatoms. The fourth-order valence-corrected chi connectivity index (χ4v) is 3.64. The molecule has 1 amide bonds. The van der Waals surface area contributed by atoms with Crippen molar-refractivity contribution in [3.05, 3.63) is 0 Å². The summed E-state index contributed by atoms with van der Waals surface area (Å²) in [6, 6.07) is 0. The summed E-state index contributed by atoms with van der Waals surface area (Å²) >= 11 is 0. The van der Waals surface area contributed by atoms with Crippen LogP contribution in [0.2, 0.25) is 0 Å². The number of hydrogen-bond donors (Lipinski definition) is 1. The molecule has 0 spiro atoms. The van der Waals surface area contributed by atoms with Crippen LogP contribution in [-0.4, -0.2) is 105 Å². The minimum absolute atomic E-state index is 0.234. The molecule has 1 N–H and O–H groups in total. The van der Waals surface area contributed by atoms with Crippen molar-refractivity contribution in [2.24, 2.45) is 0 Å². The summed E-state index contributed by atoms with van der Waals surface area (Å²) in [5.74, 6) is 0.234. The van der Waals surface area contributed by atoms with Crippen LogP contribution in [0.1, 0.15) is 6.92 Å². The number of rotatable bonds is 3. The van der Waals surface area contributed by atoms with Crippen LogP contribution >= 0.6 is 0 Å². The lowest BCUT2D eigenvalue weighted by atomic mass is 10.0. The van der Waals surface area contributed by atoms with E-state index in [-0.39, 0.29) is 5.91 Å². The summed E-state index contributed by atoms with van der Waals surface area (Å²) in [6.07, 6.45) is 0. The van der Waals surface area contributed by atoms with Gasteiger partial charge in [0.25, 0.3) is 5.91 Å². The second-order valence-corrected chi connectivity index (χ2v) is 6.26. The van der Waals surface area contributed by atoms with Crippen LogP contribution in [0.4, 0.5) is 0 Å². The van der Waals surface area contributed by atoms with Crippen LogP contribution < -0.4 is 5.32 Å². The number of hydrogen-bond acceptors (Lipinski definition) is 6. The van der Waals surface area contributed by atoms with Crippen molar-refractivity contribution in [1.29, 1.82) is 0 Å². The molecule has 0 aliphatic carbocycles. The van der Waals surface area contributed by atoms with E-state index in [0.717, 1.165) is 52.4 Å². The number of nitrogens with zero attached hydrogens (tertiary/aromatic N) is 3. The van der Waals surface area contributed by atoms with E-state index in [1.165, 1.54) is 0 Å². The molecule has 3 saturated heterocycles. The van der Waals surface area contributed by atoms with Gasteiger partial charge in [-0.3, -0.25) is 14.6 Å². The normalized spacial score (nSPS) is 26.1. The van der Waals surface area contributed by atoms with Crippen molar-refractivity contribution >= 4 is 5.91 Å². The molecular formula is C15H28N4O3. The zero-order valence-corrected chi connectivity index (χ0v) is 13.6. The Labute approximate surface area is 132 Å². The van der Waals surface area contributed by atoms with E-state index >= 15 is 0 Å².